The third-order valence-electron chi connectivity index (χ3n) is 4.01. The Kier molecular flexibility index (Phi) is 3.85. The standard InChI is InChI=1S/C17H17NO4S/c1-12-4-7-15(8-5-12)23(21,22)18-10-2-3-13-11-14(17(19)20)6-9-16(13)18/h4-9,11H,2-3,10H2,1H3,(H,19,20). The van der Waals surface area contributed by atoms with E-state index in [-0.39, 0.29) is 10.5 Å². The summed E-state index contributed by atoms with van der Waals surface area (Å²) in [4.78, 5) is 11.3. The van der Waals surface area contributed by atoms with Gasteiger partial charge in [0.2, 0.25) is 0 Å². The van der Waals surface area contributed by atoms with Crippen LogP contribution in [0.1, 0.15) is 27.9 Å². The number of aryl methyl sites for hydroxylation is 2. The van der Waals surface area contributed by atoms with Crippen LogP contribution >= 0.6 is 0 Å². The van der Waals surface area contributed by atoms with Gasteiger partial charge >= 0.3 is 5.97 Å². The van der Waals surface area contributed by atoms with Gasteiger partial charge in [-0.3, -0.25) is 4.31 Å². The number of sulfonamides is 1. The van der Waals surface area contributed by atoms with Gasteiger partial charge in [-0.15, -0.1) is 0 Å². The number of carbonyl (C=O) groups is 1. The molecule has 120 valence electrons. The molecule has 0 radical (unpaired) electrons. The smallest absolute Gasteiger partial charge is 0.335 e. The Labute approximate surface area is 135 Å². The number of hydrogen-bond donors (Lipinski definition) is 1. The van der Waals surface area contributed by atoms with Crippen molar-refractivity contribution in [1.82, 2.24) is 0 Å². The zero-order valence-electron chi connectivity index (χ0n) is 12.7. The largest absolute Gasteiger partial charge is 0.478 e. The number of aromatic carboxylic acids is 1. The second-order valence-corrected chi connectivity index (χ2v) is 7.50. The molecule has 2 aromatic carbocycles. The summed E-state index contributed by atoms with van der Waals surface area (Å²) < 4.78 is 27.2. The molecule has 5 nitrogen and oxygen atoms in total. The summed E-state index contributed by atoms with van der Waals surface area (Å²) in [5.74, 6) is -1.01. The number of hydrogen-bond acceptors (Lipinski definition) is 3. The number of carboxylic acid groups (broad SMARTS) is 1. The molecule has 0 spiro atoms. The van der Waals surface area contributed by atoms with E-state index in [1.807, 2.05) is 6.92 Å². The van der Waals surface area contributed by atoms with Crippen LogP contribution in [0.25, 0.3) is 0 Å². The van der Waals surface area contributed by atoms with Gasteiger partial charge in [0.25, 0.3) is 10.0 Å². The molecule has 0 saturated heterocycles. The number of anilines is 1. The van der Waals surface area contributed by atoms with Crippen molar-refractivity contribution in [1.29, 1.82) is 0 Å². The van der Waals surface area contributed by atoms with Crippen molar-refractivity contribution in [3.63, 3.8) is 0 Å². The minimum absolute atomic E-state index is 0.179. The second-order valence-electron chi connectivity index (χ2n) is 5.64. The van der Waals surface area contributed by atoms with Gasteiger partial charge in [0.05, 0.1) is 16.1 Å². The van der Waals surface area contributed by atoms with E-state index in [1.165, 1.54) is 10.4 Å². The first-order valence-electron chi connectivity index (χ1n) is 7.35. The molecule has 23 heavy (non-hydrogen) atoms. The van der Waals surface area contributed by atoms with Gasteiger partial charge in [-0.2, -0.15) is 0 Å². The average molecular weight is 331 g/mol. The predicted molar refractivity (Wildman–Crippen MR) is 87.4 cm³/mol. The third kappa shape index (κ3) is 2.82. The molecule has 0 bridgehead atoms. The lowest BCUT2D eigenvalue weighted by Crippen LogP contribution is -2.35. The number of nitrogens with zero attached hydrogens (tertiary/aromatic N) is 1. The SMILES string of the molecule is Cc1ccc(S(=O)(=O)N2CCCc3cc(C(=O)O)ccc32)cc1. The Balaban J connectivity index is 2.06. The van der Waals surface area contributed by atoms with Crippen LogP contribution in [0.4, 0.5) is 5.69 Å². The molecule has 1 aliphatic rings. The van der Waals surface area contributed by atoms with E-state index in [1.54, 1.807) is 36.4 Å². The van der Waals surface area contributed by atoms with Crippen LogP contribution in [-0.4, -0.2) is 26.0 Å². The van der Waals surface area contributed by atoms with Crippen molar-refractivity contribution < 1.29 is 18.3 Å². The van der Waals surface area contributed by atoms with Crippen molar-refractivity contribution in [2.45, 2.75) is 24.7 Å². The molecule has 0 atom stereocenters. The Bertz CT molecular complexity index is 857. The van der Waals surface area contributed by atoms with E-state index < -0.39 is 16.0 Å². The first-order valence-corrected chi connectivity index (χ1v) is 8.79. The van der Waals surface area contributed by atoms with Gasteiger partial charge in [0.1, 0.15) is 0 Å². The molecule has 1 heterocycles. The predicted octanol–water partition coefficient (Wildman–Crippen LogP) is 2.83. The highest BCUT2D eigenvalue weighted by atomic mass is 32.2. The summed E-state index contributed by atoms with van der Waals surface area (Å²) in [6.07, 6.45) is 1.34. The molecule has 3 rings (SSSR count). The van der Waals surface area contributed by atoms with Gasteiger partial charge in [0.15, 0.2) is 0 Å². The van der Waals surface area contributed by atoms with Crippen LogP contribution < -0.4 is 4.31 Å². The fourth-order valence-electron chi connectivity index (χ4n) is 2.78. The van der Waals surface area contributed by atoms with Crippen LogP contribution in [0.5, 0.6) is 0 Å². The Morgan fingerprint density at radius 2 is 1.83 bits per heavy atom. The van der Waals surface area contributed by atoms with E-state index in [2.05, 4.69) is 0 Å². The lowest BCUT2D eigenvalue weighted by atomic mass is 10.0. The van der Waals surface area contributed by atoms with Crippen molar-refractivity contribution in [2.75, 3.05) is 10.8 Å². The normalized spacial score (nSPS) is 14.4. The first-order chi connectivity index (χ1) is 10.9. The Morgan fingerprint density at radius 1 is 1.13 bits per heavy atom. The van der Waals surface area contributed by atoms with Gasteiger partial charge in [-0.05, 0) is 55.7 Å². The molecule has 0 fully saturated rings. The van der Waals surface area contributed by atoms with E-state index in [4.69, 9.17) is 5.11 Å². The molecule has 0 aliphatic carbocycles. The topological polar surface area (TPSA) is 74.7 Å². The van der Waals surface area contributed by atoms with Gasteiger partial charge in [-0.1, -0.05) is 17.7 Å². The monoisotopic (exact) mass is 331 g/mol. The number of rotatable bonds is 3. The minimum Gasteiger partial charge on any atom is -0.478 e. The molecular weight excluding hydrogens is 314 g/mol. The highest BCUT2D eigenvalue weighted by Crippen LogP contribution is 2.32. The van der Waals surface area contributed by atoms with Gasteiger partial charge in [-0.25, -0.2) is 13.2 Å². The molecule has 0 unspecified atom stereocenters. The highest BCUT2D eigenvalue weighted by Gasteiger charge is 2.29. The average Bonchev–Trinajstić information content (AvgIpc) is 2.54. The summed E-state index contributed by atoms with van der Waals surface area (Å²) in [6.45, 7) is 2.30. The molecule has 0 aromatic heterocycles. The van der Waals surface area contributed by atoms with E-state index in [0.29, 0.717) is 25.1 Å². The van der Waals surface area contributed by atoms with Crippen LogP contribution in [0, 0.1) is 6.92 Å². The van der Waals surface area contributed by atoms with E-state index >= 15 is 0 Å². The lowest BCUT2D eigenvalue weighted by molar-refractivity contribution is 0.0696. The summed E-state index contributed by atoms with van der Waals surface area (Å²) >= 11 is 0. The molecular formula is C17H17NO4S. The Morgan fingerprint density at radius 3 is 2.48 bits per heavy atom. The zero-order chi connectivity index (χ0) is 16.6. The molecule has 0 saturated carbocycles. The summed E-state index contributed by atoms with van der Waals surface area (Å²) in [7, 11) is -3.64. The molecule has 1 aliphatic heterocycles. The second kappa shape index (κ2) is 5.70. The number of benzene rings is 2. The maximum absolute atomic E-state index is 12.9. The molecule has 2 aromatic rings. The van der Waals surface area contributed by atoms with Crippen LogP contribution in [0.2, 0.25) is 0 Å². The number of fused-ring (bicyclic) bond motifs is 1. The van der Waals surface area contributed by atoms with Crippen molar-refractivity contribution in [3.05, 3.63) is 59.2 Å². The fourth-order valence-corrected chi connectivity index (χ4v) is 4.32. The Hall–Kier alpha value is -2.34. The van der Waals surface area contributed by atoms with Crippen LogP contribution in [-0.2, 0) is 16.4 Å². The van der Waals surface area contributed by atoms with Crippen molar-refractivity contribution >= 4 is 21.7 Å². The van der Waals surface area contributed by atoms with Crippen molar-refractivity contribution in [3.8, 4) is 0 Å². The molecule has 1 N–H and O–H groups in total. The zero-order valence-corrected chi connectivity index (χ0v) is 13.5. The summed E-state index contributed by atoms with van der Waals surface area (Å²) in [5, 5.41) is 9.08. The van der Waals surface area contributed by atoms with Crippen LogP contribution in [0.15, 0.2) is 47.4 Å². The maximum Gasteiger partial charge on any atom is 0.335 e. The lowest BCUT2D eigenvalue weighted by Gasteiger charge is -2.30. The maximum atomic E-state index is 12.9. The molecule has 6 heteroatoms. The highest BCUT2D eigenvalue weighted by molar-refractivity contribution is 7.92. The first kappa shape index (κ1) is 15.6. The summed E-state index contributed by atoms with van der Waals surface area (Å²) in [5.41, 5.74) is 2.50. The molecule has 0 amide bonds. The van der Waals surface area contributed by atoms with Gasteiger partial charge in [0, 0.05) is 6.54 Å². The number of carboxylic acids is 1. The quantitative estimate of drug-likeness (QED) is 0.938. The summed E-state index contributed by atoms with van der Waals surface area (Å²) in [6, 6.07) is 11.3. The van der Waals surface area contributed by atoms with E-state index in [0.717, 1.165) is 11.1 Å². The fraction of sp³-hybridized carbons (Fsp3) is 0.235. The minimum atomic E-state index is -3.64. The van der Waals surface area contributed by atoms with Gasteiger partial charge < -0.3 is 5.11 Å². The van der Waals surface area contributed by atoms with Crippen molar-refractivity contribution in [2.24, 2.45) is 0 Å². The third-order valence-corrected chi connectivity index (χ3v) is 5.84. The van der Waals surface area contributed by atoms with Crippen LogP contribution in [0.3, 0.4) is 0 Å². The van der Waals surface area contributed by atoms with E-state index in [9.17, 15) is 13.2 Å².